The summed E-state index contributed by atoms with van der Waals surface area (Å²) in [5.41, 5.74) is 3.46. The number of ether oxygens (including phenoxy) is 1. The van der Waals surface area contributed by atoms with Crippen molar-refractivity contribution in [1.82, 2.24) is 29.5 Å². The number of hydrogen-bond donors (Lipinski definition) is 1. The Kier molecular flexibility index (Phi) is 5.73. The van der Waals surface area contributed by atoms with Gasteiger partial charge in [-0.15, -0.1) is 0 Å². The smallest absolute Gasteiger partial charge is 0.246 e. The molecule has 1 amide bonds. The third-order valence-electron chi connectivity index (χ3n) is 5.40. The first-order valence-electron chi connectivity index (χ1n) is 9.70. The quantitative estimate of drug-likeness (QED) is 0.654. The van der Waals surface area contributed by atoms with Crippen LogP contribution in [0.25, 0.3) is 5.69 Å². The van der Waals surface area contributed by atoms with Gasteiger partial charge in [0.05, 0.1) is 12.4 Å². The molecule has 0 saturated carbocycles. The van der Waals surface area contributed by atoms with Gasteiger partial charge >= 0.3 is 0 Å². The van der Waals surface area contributed by atoms with Crippen molar-refractivity contribution in [2.75, 3.05) is 26.8 Å². The second-order valence-corrected chi connectivity index (χ2v) is 7.42. The molecular formula is C21H26N6O2. The van der Waals surface area contributed by atoms with Gasteiger partial charge in [0.2, 0.25) is 5.91 Å². The fourth-order valence-electron chi connectivity index (χ4n) is 4.03. The number of rotatable bonds is 7. The fourth-order valence-corrected chi connectivity index (χ4v) is 4.03. The molecule has 1 aliphatic rings. The van der Waals surface area contributed by atoms with Crippen molar-refractivity contribution < 1.29 is 9.53 Å². The maximum atomic E-state index is 12.1. The number of nitrogens with one attached hydrogen (secondary N) is 1. The average molecular weight is 394 g/mol. The van der Waals surface area contributed by atoms with E-state index in [1.165, 1.54) is 12.7 Å². The van der Waals surface area contributed by atoms with E-state index in [1.54, 1.807) is 18.7 Å². The predicted molar refractivity (Wildman–Crippen MR) is 109 cm³/mol. The zero-order chi connectivity index (χ0) is 20.2. The molecule has 1 aromatic carbocycles. The van der Waals surface area contributed by atoms with Crippen LogP contribution in [0.5, 0.6) is 0 Å². The Morgan fingerprint density at radius 2 is 2.03 bits per heavy atom. The first-order valence-corrected chi connectivity index (χ1v) is 9.70. The molecule has 1 saturated heterocycles. The molecule has 0 radical (unpaired) electrons. The van der Waals surface area contributed by atoms with Gasteiger partial charge in [-0.1, -0.05) is 12.1 Å². The van der Waals surface area contributed by atoms with Crippen LogP contribution in [-0.2, 0) is 23.1 Å². The van der Waals surface area contributed by atoms with Gasteiger partial charge in [-0.2, -0.15) is 5.10 Å². The molecule has 0 bridgehead atoms. The second kappa shape index (κ2) is 8.59. The minimum absolute atomic E-state index is 0.0262. The summed E-state index contributed by atoms with van der Waals surface area (Å²) >= 11 is 0. The number of carbonyl (C=O) groups is 1. The zero-order valence-electron chi connectivity index (χ0n) is 16.7. The van der Waals surface area contributed by atoms with Gasteiger partial charge in [0, 0.05) is 69.7 Å². The van der Waals surface area contributed by atoms with E-state index in [-0.39, 0.29) is 24.5 Å². The van der Waals surface area contributed by atoms with Crippen molar-refractivity contribution in [3.05, 3.63) is 66.5 Å². The van der Waals surface area contributed by atoms with E-state index in [9.17, 15) is 4.79 Å². The minimum Gasteiger partial charge on any atom is -0.375 e. The van der Waals surface area contributed by atoms with Gasteiger partial charge in [0.25, 0.3) is 0 Å². The van der Waals surface area contributed by atoms with Crippen LogP contribution in [-0.4, -0.2) is 63.0 Å². The molecule has 0 spiro atoms. The highest BCUT2D eigenvalue weighted by Crippen LogP contribution is 2.28. The Bertz CT molecular complexity index is 935. The molecule has 8 heteroatoms. The van der Waals surface area contributed by atoms with Gasteiger partial charge in [-0.3, -0.25) is 14.4 Å². The molecule has 8 nitrogen and oxygen atoms in total. The largest absolute Gasteiger partial charge is 0.375 e. The van der Waals surface area contributed by atoms with Gasteiger partial charge in [-0.05, 0) is 23.8 Å². The van der Waals surface area contributed by atoms with Gasteiger partial charge in [0.15, 0.2) is 0 Å². The summed E-state index contributed by atoms with van der Waals surface area (Å²) in [6.07, 6.45) is 7.30. The molecule has 1 aliphatic heterocycles. The van der Waals surface area contributed by atoms with Crippen molar-refractivity contribution in [1.29, 1.82) is 0 Å². The molecule has 152 valence electrons. The van der Waals surface area contributed by atoms with Crippen molar-refractivity contribution in [3.63, 3.8) is 0 Å². The van der Waals surface area contributed by atoms with E-state index in [0.717, 1.165) is 31.0 Å². The summed E-state index contributed by atoms with van der Waals surface area (Å²) in [5.74, 6) is 0.102. The molecule has 3 aromatic rings. The average Bonchev–Trinajstić information content (AvgIpc) is 3.44. The highest BCUT2D eigenvalue weighted by Gasteiger charge is 2.36. The third kappa shape index (κ3) is 4.38. The summed E-state index contributed by atoms with van der Waals surface area (Å²) in [6.45, 7) is 2.55. The van der Waals surface area contributed by atoms with Crippen molar-refractivity contribution >= 4 is 5.91 Å². The number of likely N-dealkylation sites (tertiary alicyclic amines) is 1. The van der Waals surface area contributed by atoms with Crippen LogP contribution in [0, 0.1) is 0 Å². The molecule has 1 N–H and O–H groups in total. The predicted octanol–water partition coefficient (Wildman–Crippen LogP) is 1.34. The molecule has 29 heavy (non-hydrogen) atoms. The van der Waals surface area contributed by atoms with E-state index >= 15 is 0 Å². The van der Waals surface area contributed by atoms with Crippen LogP contribution < -0.4 is 5.32 Å². The summed E-state index contributed by atoms with van der Waals surface area (Å²) in [5, 5.41) is 7.44. The van der Waals surface area contributed by atoms with Crippen molar-refractivity contribution in [2.24, 2.45) is 7.05 Å². The summed E-state index contributed by atoms with van der Waals surface area (Å²) in [7, 11) is 3.48. The Morgan fingerprint density at radius 3 is 2.69 bits per heavy atom. The third-order valence-corrected chi connectivity index (χ3v) is 5.40. The van der Waals surface area contributed by atoms with Crippen LogP contribution in [0.3, 0.4) is 0 Å². The highest BCUT2D eigenvalue weighted by atomic mass is 16.5. The molecule has 1 fully saturated rings. The monoisotopic (exact) mass is 394 g/mol. The van der Waals surface area contributed by atoms with Crippen molar-refractivity contribution in [3.8, 4) is 5.69 Å². The van der Waals surface area contributed by atoms with Crippen molar-refractivity contribution in [2.45, 2.75) is 18.5 Å². The Labute approximate surface area is 170 Å². The summed E-state index contributed by atoms with van der Waals surface area (Å²) in [4.78, 5) is 18.6. The molecule has 3 heterocycles. The first kappa shape index (κ1) is 19.4. The Morgan fingerprint density at radius 1 is 1.21 bits per heavy atom. The van der Waals surface area contributed by atoms with E-state index < -0.39 is 0 Å². The lowest BCUT2D eigenvalue weighted by Crippen LogP contribution is -2.41. The first-order chi connectivity index (χ1) is 14.1. The fraction of sp³-hybridized carbons (Fsp3) is 0.381. The van der Waals surface area contributed by atoms with Crippen LogP contribution in [0.1, 0.15) is 17.2 Å². The lowest BCUT2D eigenvalue weighted by Gasteiger charge is -2.20. The Hall–Kier alpha value is -2.97. The molecule has 0 unspecified atom stereocenters. The second-order valence-electron chi connectivity index (χ2n) is 7.42. The SMILES string of the molecule is COCC(=O)N[C@@H]1CN(Cc2ccc(-n3ccnc3)cc2)C[C@H]1c1ccnn1C. The van der Waals surface area contributed by atoms with Gasteiger partial charge in [0.1, 0.15) is 6.61 Å². The molecule has 2 atom stereocenters. The molecule has 4 rings (SSSR count). The van der Waals surface area contributed by atoms with E-state index in [2.05, 4.69) is 44.6 Å². The number of imidazole rings is 1. The molecular weight excluding hydrogens is 368 g/mol. The lowest BCUT2D eigenvalue weighted by molar-refractivity contribution is -0.125. The summed E-state index contributed by atoms with van der Waals surface area (Å²) < 4.78 is 8.86. The molecule has 0 aliphatic carbocycles. The van der Waals surface area contributed by atoms with Crippen LogP contribution >= 0.6 is 0 Å². The van der Waals surface area contributed by atoms with Crippen LogP contribution in [0.4, 0.5) is 0 Å². The van der Waals surface area contributed by atoms with E-state index in [1.807, 2.05) is 28.6 Å². The number of amides is 1. The van der Waals surface area contributed by atoms with Crippen LogP contribution in [0.15, 0.2) is 55.2 Å². The maximum absolute atomic E-state index is 12.1. The highest BCUT2D eigenvalue weighted by molar-refractivity contribution is 5.77. The zero-order valence-corrected chi connectivity index (χ0v) is 16.7. The number of aromatic nitrogens is 4. The summed E-state index contributed by atoms with van der Waals surface area (Å²) in [6, 6.07) is 10.5. The number of benzene rings is 1. The van der Waals surface area contributed by atoms with E-state index in [0.29, 0.717) is 0 Å². The number of nitrogens with zero attached hydrogens (tertiary/aromatic N) is 5. The van der Waals surface area contributed by atoms with Gasteiger partial charge in [-0.25, -0.2) is 4.98 Å². The van der Waals surface area contributed by atoms with E-state index in [4.69, 9.17) is 4.74 Å². The molecule has 2 aromatic heterocycles. The number of hydrogen-bond acceptors (Lipinski definition) is 5. The van der Waals surface area contributed by atoms with Crippen LogP contribution in [0.2, 0.25) is 0 Å². The minimum atomic E-state index is -0.0868. The normalized spacial score (nSPS) is 19.5. The lowest BCUT2D eigenvalue weighted by atomic mass is 9.99. The topological polar surface area (TPSA) is 77.2 Å². The maximum Gasteiger partial charge on any atom is 0.246 e. The Balaban J connectivity index is 1.46. The number of methoxy groups -OCH3 is 1. The van der Waals surface area contributed by atoms with Gasteiger partial charge < -0.3 is 14.6 Å². The number of aryl methyl sites for hydroxylation is 1. The number of carbonyl (C=O) groups excluding carboxylic acids is 1. The standard InChI is InChI=1S/C21H26N6O2/c1-25-20(7-8-23-25)18-12-26(13-19(18)24-21(28)14-29-2)11-16-3-5-17(6-4-16)27-10-9-22-15-27/h3-10,15,18-19H,11-14H2,1-2H3,(H,24,28)/t18-,19-/m1/s1.